The quantitative estimate of drug-likeness (QED) is 0.0472. The first kappa shape index (κ1) is 62.6. The smallest absolute Gasteiger partial charge is 0.480 e. The number of nitrogens with one attached hydrogen (secondary N) is 4. The van der Waals surface area contributed by atoms with Crippen molar-refractivity contribution in [2.75, 3.05) is 191 Å². The zero-order valence-electron chi connectivity index (χ0n) is 40.9. The Balaban J connectivity index is 0.0000141. The summed E-state index contributed by atoms with van der Waals surface area (Å²) in [5.41, 5.74) is 3.40. The third-order valence-corrected chi connectivity index (χ3v) is 12.5. The average molecular weight is 1200 g/mol. The number of rotatable bonds is 23. The summed E-state index contributed by atoms with van der Waals surface area (Å²) in [6.07, 6.45) is 0. The number of hydrogen-bond acceptors (Lipinski definition) is 18. The second kappa shape index (κ2) is 34.0. The Morgan fingerprint density at radius 1 is 0.370 bits per heavy atom. The Morgan fingerprint density at radius 2 is 0.575 bits per heavy atom. The van der Waals surface area contributed by atoms with E-state index < -0.39 is 35.8 Å². The monoisotopic (exact) mass is 1200 g/mol. The molecule has 0 bridgehead atoms. The minimum absolute atomic E-state index is 0. The Bertz CT molecular complexity index is 1890. The molecule has 2 aromatic carbocycles. The van der Waals surface area contributed by atoms with Crippen LogP contribution in [0.25, 0.3) is 0 Å². The van der Waals surface area contributed by atoms with Gasteiger partial charge in [-0.05, 0) is 48.5 Å². The number of carboxylic acid groups (broad SMARTS) is 6. The van der Waals surface area contributed by atoms with E-state index in [1.165, 1.54) is 0 Å². The van der Waals surface area contributed by atoms with Crippen molar-refractivity contribution in [2.45, 2.75) is 0 Å². The van der Waals surface area contributed by atoms with Crippen molar-refractivity contribution in [3.05, 3.63) is 48.5 Å². The molecule has 0 saturated carbocycles. The number of benzene rings is 2. The van der Waals surface area contributed by atoms with E-state index in [0.29, 0.717) is 141 Å². The van der Waals surface area contributed by atoms with Gasteiger partial charge in [0, 0.05) is 141 Å². The molecule has 10 N–H and O–H groups in total. The predicted molar refractivity (Wildman–Crippen MR) is 280 cm³/mol. The third-order valence-electron chi connectivity index (χ3n) is 12.0. The van der Waals surface area contributed by atoms with E-state index in [2.05, 4.69) is 31.1 Å². The summed E-state index contributed by atoms with van der Waals surface area (Å²) in [5, 5.41) is 70.1. The largest absolute Gasteiger partial charge is 3.00 e. The number of thiocarbonyl (C=S) groups is 2. The first-order chi connectivity index (χ1) is 34.4. The Labute approximate surface area is 468 Å². The number of nitrogens with zero attached hydrogens (tertiary/aromatic N) is 8. The molecule has 0 amide bonds. The molecule has 2 aliphatic heterocycles. The first-order valence-corrected chi connectivity index (χ1v) is 24.6. The van der Waals surface area contributed by atoms with Crippen LogP contribution in [0.5, 0.6) is 0 Å². The van der Waals surface area contributed by atoms with Crippen molar-refractivity contribution in [1.29, 1.82) is 0 Å². The molecular weight excluding hydrogens is 1130 g/mol. The maximum Gasteiger partial charge on any atom is 3.00 e. The standard InChI is InChI=1S/C46H70N12O12S2.Gd/c59-41(60)29-51-11-15-53(31-43(63)64)19-23-57(24-20-54(16-12-51)32-44(65)66)37-5-1-35(2-6-37)49-27-39(71)47-9-10-48-40(72)28-50-36-3-7-38(8-4-36)58-25-21-55(33-45(67)68)17-13-52(30-42(61)62)14-18-56(22-26-58)34-46(69)70;/h1-8,49-50H,9-34H2,(H,47,71)(H,48,72)(H,59,60)(H,61,62)(H,63,64)(H,65,66)(H,67,68)(H,69,70);/q;+3. The summed E-state index contributed by atoms with van der Waals surface area (Å²) < 4.78 is 0. The van der Waals surface area contributed by atoms with E-state index in [9.17, 15) is 59.4 Å². The van der Waals surface area contributed by atoms with Crippen LogP contribution in [0.4, 0.5) is 22.7 Å². The summed E-state index contributed by atoms with van der Waals surface area (Å²) in [6, 6.07) is 15.4. The van der Waals surface area contributed by atoms with E-state index in [1.807, 2.05) is 48.5 Å². The molecule has 24 nitrogen and oxygen atoms in total. The molecule has 0 spiro atoms. The molecule has 27 heteroatoms. The maximum atomic E-state index is 11.7. The third kappa shape index (κ3) is 26.4. The summed E-state index contributed by atoms with van der Waals surface area (Å²) in [5.74, 6) is -5.94. The molecule has 0 aliphatic carbocycles. The van der Waals surface area contributed by atoms with Gasteiger partial charge in [-0.25, -0.2) is 0 Å². The average Bonchev–Trinajstić information content (AvgIpc) is 3.31. The van der Waals surface area contributed by atoms with Crippen LogP contribution >= 0.6 is 24.4 Å². The summed E-state index contributed by atoms with van der Waals surface area (Å²) in [7, 11) is 0. The fourth-order valence-corrected chi connectivity index (χ4v) is 8.51. The van der Waals surface area contributed by atoms with Crippen molar-refractivity contribution in [2.24, 2.45) is 0 Å². The number of aliphatic carboxylic acids is 6. The molecule has 2 heterocycles. The Morgan fingerprint density at radius 3 is 0.781 bits per heavy atom. The number of hydrogen-bond donors (Lipinski definition) is 10. The SMILES string of the molecule is O=C(O)CN1CCN(CC(=O)O)CCN(c2ccc(NCC(=S)NCCNC(=S)CNc3ccc(N4CCN(CC(=O)O)CCN(CC(=O)O)CCN(CC(=O)O)CC4)cc3)cc2)CCN(CC(=O)O)CC1.[Gd+3]. The van der Waals surface area contributed by atoms with Crippen LogP contribution in [0.2, 0.25) is 0 Å². The van der Waals surface area contributed by atoms with Gasteiger partial charge < -0.3 is 61.7 Å². The van der Waals surface area contributed by atoms with Crippen LogP contribution in [0.1, 0.15) is 0 Å². The Hall–Kier alpha value is -4.68. The zero-order chi connectivity index (χ0) is 52.4. The minimum atomic E-state index is -1.01. The second-order valence-electron chi connectivity index (χ2n) is 17.5. The molecule has 2 saturated heterocycles. The van der Waals surface area contributed by atoms with Gasteiger partial charge in [-0.2, -0.15) is 0 Å². The Kier molecular flexibility index (Phi) is 29.2. The summed E-state index contributed by atoms with van der Waals surface area (Å²) in [6.45, 7) is 6.65. The van der Waals surface area contributed by atoms with Crippen molar-refractivity contribution < 1.29 is 99.3 Å². The molecule has 0 aromatic heterocycles. The van der Waals surface area contributed by atoms with Crippen molar-refractivity contribution in [3.63, 3.8) is 0 Å². The summed E-state index contributed by atoms with van der Waals surface area (Å²) in [4.78, 5) is 85.6. The van der Waals surface area contributed by atoms with Gasteiger partial charge in [0.2, 0.25) is 0 Å². The van der Waals surface area contributed by atoms with E-state index in [0.717, 1.165) is 22.7 Å². The van der Waals surface area contributed by atoms with Gasteiger partial charge >= 0.3 is 75.8 Å². The number of carbonyl (C=O) groups is 6. The zero-order valence-corrected chi connectivity index (χ0v) is 44.8. The van der Waals surface area contributed by atoms with Gasteiger partial charge in [-0.3, -0.25) is 58.2 Å². The normalized spacial score (nSPS) is 17.0. The molecule has 0 atom stereocenters. The molecule has 2 fully saturated rings. The number of carboxylic acids is 6. The van der Waals surface area contributed by atoms with Gasteiger partial charge in [-0.1, -0.05) is 24.4 Å². The van der Waals surface area contributed by atoms with Crippen LogP contribution in [-0.2, 0) is 28.8 Å². The van der Waals surface area contributed by atoms with E-state index >= 15 is 0 Å². The molecular formula is C46H70GdN12O12S2+3. The molecule has 4 rings (SSSR count). The number of anilines is 4. The van der Waals surface area contributed by atoms with E-state index in [1.54, 1.807) is 29.4 Å². The topological polar surface area (TPSA) is 298 Å². The molecule has 0 unspecified atom stereocenters. The van der Waals surface area contributed by atoms with Crippen LogP contribution in [0.3, 0.4) is 0 Å². The second-order valence-corrected chi connectivity index (χ2v) is 18.5. The first-order valence-electron chi connectivity index (χ1n) is 23.8. The molecule has 2 aliphatic rings. The minimum Gasteiger partial charge on any atom is -0.480 e. The molecule has 1 radical (unpaired) electrons. The van der Waals surface area contributed by atoms with E-state index in [4.69, 9.17) is 24.4 Å². The van der Waals surface area contributed by atoms with Crippen LogP contribution in [0, 0.1) is 39.9 Å². The molecule has 403 valence electrons. The van der Waals surface area contributed by atoms with Gasteiger partial charge in [0.1, 0.15) is 0 Å². The molecule has 73 heavy (non-hydrogen) atoms. The van der Waals surface area contributed by atoms with Crippen LogP contribution in [-0.4, -0.2) is 276 Å². The van der Waals surface area contributed by atoms with Crippen LogP contribution < -0.4 is 31.1 Å². The molecule has 2 aromatic rings. The van der Waals surface area contributed by atoms with Crippen LogP contribution in [0.15, 0.2) is 48.5 Å². The van der Waals surface area contributed by atoms with Gasteiger partial charge in [0.25, 0.3) is 0 Å². The maximum absolute atomic E-state index is 11.7. The fraction of sp³-hybridized carbons (Fsp3) is 0.565. The van der Waals surface area contributed by atoms with Crippen molar-refractivity contribution in [3.8, 4) is 0 Å². The van der Waals surface area contributed by atoms with Gasteiger partial charge in [0.05, 0.1) is 62.3 Å². The predicted octanol–water partition coefficient (Wildman–Crippen LogP) is -0.996. The fourth-order valence-electron chi connectivity index (χ4n) is 8.16. The van der Waals surface area contributed by atoms with Crippen molar-refractivity contribution in [1.82, 2.24) is 40.0 Å². The summed E-state index contributed by atoms with van der Waals surface area (Å²) >= 11 is 11.1. The van der Waals surface area contributed by atoms with Gasteiger partial charge in [0.15, 0.2) is 0 Å². The van der Waals surface area contributed by atoms with Crippen molar-refractivity contribution >= 4 is 93.0 Å². The van der Waals surface area contributed by atoms with E-state index in [-0.39, 0.29) is 79.2 Å². The van der Waals surface area contributed by atoms with Gasteiger partial charge in [-0.15, -0.1) is 0 Å².